The van der Waals surface area contributed by atoms with Gasteiger partial charge in [0.1, 0.15) is 23.4 Å². The van der Waals surface area contributed by atoms with Gasteiger partial charge in [-0.1, -0.05) is 11.8 Å². The first-order valence-electron chi connectivity index (χ1n) is 12.4. The summed E-state index contributed by atoms with van der Waals surface area (Å²) >= 11 is 1.14. The minimum atomic E-state index is -0.989. The van der Waals surface area contributed by atoms with Crippen molar-refractivity contribution >= 4 is 34.8 Å². The van der Waals surface area contributed by atoms with Crippen LogP contribution in [0.3, 0.4) is 0 Å². The molecule has 3 N–H and O–H groups in total. The molecule has 3 aliphatic heterocycles. The van der Waals surface area contributed by atoms with Crippen LogP contribution in [0, 0.1) is 11.3 Å². The molecule has 0 aromatic heterocycles. The third-order valence-corrected chi connectivity index (χ3v) is 7.66. The average Bonchev–Trinajstić information content (AvgIpc) is 3.41. The third-order valence-electron chi connectivity index (χ3n) is 6.76. The Labute approximate surface area is 240 Å². The maximum absolute atomic E-state index is 13.4. The number of amidine groups is 1. The molecule has 0 saturated carbocycles. The Morgan fingerprint density at radius 2 is 1.85 bits per heavy atom. The maximum Gasteiger partial charge on any atom is 0.338 e. The highest BCUT2D eigenvalue weighted by Gasteiger charge is 2.47. The Kier molecular flexibility index (Phi) is 8.52. The first-order valence-corrected chi connectivity index (χ1v) is 13.4. The number of rotatable bonds is 8. The van der Waals surface area contributed by atoms with Gasteiger partial charge in [-0.15, -0.1) is 0 Å². The monoisotopic (exact) mass is 586 g/mol. The summed E-state index contributed by atoms with van der Waals surface area (Å²) in [5.41, 5.74) is 6.69. The van der Waals surface area contributed by atoms with Gasteiger partial charge < -0.3 is 39.6 Å². The number of ether oxygens (including phenoxy) is 5. The van der Waals surface area contributed by atoms with Crippen LogP contribution in [-0.2, 0) is 19.1 Å². The van der Waals surface area contributed by atoms with Crippen molar-refractivity contribution in [3.63, 3.8) is 0 Å². The van der Waals surface area contributed by atoms with E-state index in [0.717, 1.165) is 16.7 Å². The third kappa shape index (κ3) is 5.18. The van der Waals surface area contributed by atoms with Crippen LogP contribution in [-0.4, -0.2) is 92.9 Å². The van der Waals surface area contributed by atoms with E-state index in [0.29, 0.717) is 28.0 Å². The van der Waals surface area contributed by atoms with Gasteiger partial charge in [0.05, 0.1) is 45.2 Å². The van der Waals surface area contributed by atoms with Crippen LogP contribution in [0.4, 0.5) is 4.79 Å². The molecule has 218 valence electrons. The number of hydrogen-bond acceptors (Lipinski definition) is 13. The summed E-state index contributed by atoms with van der Waals surface area (Å²) in [5, 5.41) is 13.4. The number of methoxy groups -OCH3 is 3. The molecule has 0 aliphatic carbocycles. The van der Waals surface area contributed by atoms with E-state index in [4.69, 9.17) is 29.4 Å². The number of allylic oxidation sites excluding steroid dienone is 1. The number of esters is 1. The van der Waals surface area contributed by atoms with Gasteiger partial charge in [-0.25, -0.2) is 14.6 Å². The zero-order valence-electron chi connectivity index (χ0n) is 23.3. The molecule has 14 nitrogen and oxygen atoms in total. The summed E-state index contributed by atoms with van der Waals surface area (Å²) in [4.78, 5) is 45.3. The number of carbonyl (C=O) groups excluding carboxylic acids is 3. The van der Waals surface area contributed by atoms with Crippen molar-refractivity contribution in [2.24, 2.45) is 10.7 Å². The molecule has 0 radical (unpaired) electrons. The molecular weight excluding hydrogens is 556 g/mol. The van der Waals surface area contributed by atoms with Crippen LogP contribution in [0.5, 0.6) is 17.2 Å². The molecule has 0 unspecified atom stereocenters. The van der Waals surface area contributed by atoms with Gasteiger partial charge in [0.15, 0.2) is 22.8 Å². The number of aliphatic imine (C=N–C) groups is 1. The van der Waals surface area contributed by atoms with E-state index in [1.807, 2.05) is 0 Å². The zero-order chi connectivity index (χ0) is 30.0. The SMILES string of the molecule is CCOC(=O)C1=C(CSC2=N[C@@H]3[C@@H](N2)C(=O)N(C)C(=O)N3C)OC(N)=C(C#N)[C@H]1c1cc(OC)c(OC)c(OC)c1. The largest absolute Gasteiger partial charge is 0.493 e. The lowest BCUT2D eigenvalue weighted by Crippen LogP contribution is -2.63. The molecule has 0 spiro atoms. The standard InChI is InChI=1S/C26H30N6O8S/c1-7-39-24(34)18-16(11-41-25-29-19-22(30-25)31(2)26(35)32(3)23(19)33)40-21(28)13(10-27)17(18)12-8-14(36-4)20(38-6)15(9-12)37-5/h8-9,17,19,22H,7,11,28H2,1-6H3,(H,29,30)/t17-,19-,22+/m1/s1. The van der Waals surface area contributed by atoms with E-state index in [2.05, 4.69) is 16.4 Å². The topological polar surface area (TPSA) is 178 Å². The average molecular weight is 587 g/mol. The summed E-state index contributed by atoms with van der Waals surface area (Å²) < 4.78 is 27.6. The zero-order valence-corrected chi connectivity index (χ0v) is 24.2. The Bertz CT molecular complexity index is 1390. The second kappa shape index (κ2) is 11.9. The number of thioether (sulfide) groups is 1. The van der Waals surface area contributed by atoms with Crippen LogP contribution < -0.4 is 25.3 Å². The molecule has 0 bridgehead atoms. The Balaban J connectivity index is 1.75. The van der Waals surface area contributed by atoms with Gasteiger partial charge in [-0.3, -0.25) is 9.69 Å². The smallest absolute Gasteiger partial charge is 0.338 e. The number of nitrogens with zero attached hydrogens (tertiary/aromatic N) is 4. The number of likely N-dealkylation sites (N-methyl/N-ethyl adjacent to an activating group) is 2. The number of hydrogen-bond donors (Lipinski definition) is 2. The molecule has 41 heavy (non-hydrogen) atoms. The number of nitrogens with two attached hydrogens (primary N) is 1. The van der Waals surface area contributed by atoms with Gasteiger partial charge in [-0.05, 0) is 24.6 Å². The molecule has 3 amide bonds. The van der Waals surface area contributed by atoms with Gasteiger partial charge in [0.25, 0.3) is 5.91 Å². The molecule has 1 saturated heterocycles. The molecule has 1 aromatic rings. The number of amides is 3. The predicted molar refractivity (Wildman–Crippen MR) is 147 cm³/mol. The summed E-state index contributed by atoms with van der Waals surface area (Å²) in [6.45, 7) is 1.73. The van der Waals surface area contributed by atoms with Crippen LogP contribution in [0.1, 0.15) is 18.4 Å². The van der Waals surface area contributed by atoms with Crippen LogP contribution in [0.2, 0.25) is 0 Å². The number of nitrogens with one attached hydrogen (secondary N) is 1. The molecular formula is C26H30N6O8S. The van der Waals surface area contributed by atoms with Crippen molar-refractivity contribution < 1.29 is 38.1 Å². The first-order chi connectivity index (χ1) is 19.6. The maximum atomic E-state index is 13.4. The van der Waals surface area contributed by atoms with Gasteiger partial charge >= 0.3 is 12.0 Å². The molecule has 3 heterocycles. The second-order valence-corrected chi connectivity index (χ2v) is 9.95. The molecule has 3 aliphatic rings. The predicted octanol–water partition coefficient (Wildman–Crippen LogP) is 1.25. The number of nitriles is 1. The van der Waals surface area contributed by atoms with Crippen molar-refractivity contribution in [2.45, 2.75) is 25.0 Å². The van der Waals surface area contributed by atoms with Crippen molar-refractivity contribution in [2.75, 3.05) is 47.8 Å². The van der Waals surface area contributed by atoms with Gasteiger partial charge in [0, 0.05) is 14.1 Å². The first kappa shape index (κ1) is 29.4. The number of benzene rings is 1. The van der Waals surface area contributed by atoms with Crippen molar-refractivity contribution in [1.82, 2.24) is 15.1 Å². The summed E-state index contributed by atoms with van der Waals surface area (Å²) in [6.07, 6.45) is -0.721. The Morgan fingerprint density at radius 3 is 2.41 bits per heavy atom. The van der Waals surface area contributed by atoms with E-state index in [1.165, 1.54) is 33.3 Å². The fraction of sp³-hybridized carbons (Fsp3) is 0.423. The molecule has 1 fully saturated rings. The highest BCUT2D eigenvalue weighted by atomic mass is 32.2. The van der Waals surface area contributed by atoms with Crippen molar-refractivity contribution in [3.05, 3.63) is 40.5 Å². The molecule has 3 atom stereocenters. The normalized spacial score (nSPS) is 22.0. The van der Waals surface area contributed by atoms with Crippen molar-refractivity contribution in [3.8, 4) is 23.3 Å². The molecule has 4 rings (SSSR count). The summed E-state index contributed by atoms with van der Waals surface area (Å²) in [5.74, 6) is -1.19. The minimum absolute atomic E-state index is 0.00722. The fourth-order valence-electron chi connectivity index (χ4n) is 4.76. The number of urea groups is 1. The van der Waals surface area contributed by atoms with Crippen LogP contribution in [0.15, 0.2) is 39.9 Å². The van der Waals surface area contributed by atoms with Gasteiger partial charge in [-0.2, -0.15) is 5.26 Å². The quantitative estimate of drug-likeness (QED) is 0.417. The summed E-state index contributed by atoms with van der Waals surface area (Å²) in [6, 6.07) is 4.07. The van der Waals surface area contributed by atoms with Crippen LogP contribution in [0.25, 0.3) is 0 Å². The number of fused-ring (bicyclic) bond motifs is 1. The van der Waals surface area contributed by atoms with E-state index < -0.39 is 36.0 Å². The van der Waals surface area contributed by atoms with E-state index in [9.17, 15) is 19.6 Å². The van der Waals surface area contributed by atoms with Crippen molar-refractivity contribution in [1.29, 1.82) is 5.26 Å². The van der Waals surface area contributed by atoms with E-state index >= 15 is 0 Å². The highest BCUT2D eigenvalue weighted by molar-refractivity contribution is 8.14. The Hall–Kier alpha value is -4.58. The number of imide groups is 1. The lowest BCUT2D eigenvalue weighted by atomic mass is 9.82. The molecule has 1 aromatic carbocycles. The summed E-state index contributed by atoms with van der Waals surface area (Å²) in [7, 11) is 7.32. The molecule has 15 heteroatoms. The lowest BCUT2D eigenvalue weighted by Gasteiger charge is -2.36. The van der Waals surface area contributed by atoms with Crippen LogP contribution >= 0.6 is 11.8 Å². The minimum Gasteiger partial charge on any atom is -0.493 e. The fourth-order valence-corrected chi connectivity index (χ4v) is 5.64. The van der Waals surface area contributed by atoms with E-state index in [1.54, 1.807) is 26.1 Å². The highest BCUT2D eigenvalue weighted by Crippen LogP contribution is 2.46. The second-order valence-electron chi connectivity index (χ2n) is 8.99. The van der Waals surface area contributed by atoms with Gasteiger partial charge in [0.2, 0.25) is 11.6 Å². The lowest BCUT2D eigenvalue weighted by molar-refractivity contribution is -0.139. The number of carbonyl (C=O) groups is 3. The van der Waals surface area contributed by atoms with E-state index in [-0.39, 0.29) is 35.1 Å². The Morgan fingerprint density at radius 1 is 1.20 bits per heavy atom.